The Balaban J connectivity index is 1.84. The van der Waals surface area contributed by atoms with Gasteiger partial charge in [-0.3, -0.25) is 9.59 Å². The van der Waals surface area contributed by atoms with Crippen LogP contribution in [0.5, 0.6) is 0 Å². The Bertz CT molecular complexity index is 679. The van der Waals surface area contributed by atoms with Crippen LogP contribution in [0.2, 0.25) is 0 Å². The topological polar surface area (TPSA) is 83.7 Å². The third-order valence-electron chi connectivity index (χ3n) is 2.64. The summed E-state index contributed by atoms with van der Waals surface area (Å²) in [6.45, 7) is 1.66. The molecule has 0 fully saturated rings. The van der Waals surface area contributed by atoms with Crippen molar-refractivity contribution >= 4 is 39.1 Å². The summed E-state index contributed by atoms with van der Waals surface area (Å²) in [6.07, 6.45) is 1.48. The first-order valence-electron chi connectivity index (χ1n) is 6.47. The average Bonchev–Trinajstić information content (AvgIpc) is 3.01. The molecule has 1 heterocycles. The summed E-state index contributed by atoms with van der Waals surface area (Å²) in [4.78, 5) is 23.4. The van der Waals surface area contributed by atoms with Crippen LogP contribution in [-0.2, 0) is 4.79 Å². The third kappa shape index (κ3) is 4.85. The number of amides is 2. The van der Waals surface area contributed by atoms with Crippen molar-refractivity contribution in [1.82, 2.24) is 5.43 Å². The number of nitrogens with zero attached hydrogens (tertiary/aromatic N) is 1. The molecule has 0 saturated heterocycles. The lowest BCUT2D eigenvalue weighted by Gasteiger charge is -2.05. The van der Waals surface area contributed by atoms with Crippen LogP contribution in [-0.4, -0.2) is 17.5 Å². The van der Waals surface area contributed by atoms with Crippen LogP contribution in [0.1, 0.15) is 23.9 Å². The third-order valence-corrected chi connectivity index (χ3v) is 3.17. The van der Waals surface area contributed by atoms with Gasteiger partial charge in [0.25, 0.3) is 0 Å². The van der Waals surface area contributed by atoms with Gasteiger partial charge in [0.15, 0.2) is 5.76 Å². The number of nitrogens with one attached hydrogen (secondary N) is 2. The molecule has 114 valence electrons. The van der Waals surface area contributed by atoms with Crippen LogP contribution in [0.4, 0.5) is 5.69 Å². The SMILES string of the molecule is C/C(CC(=O)Nc1ccc(Br)cc1)=N/NC(=O)c1ccco1. The molecule has 0 aliphatic heterocycles. The Labute approximate surface area is 135 Å². The van der Waals surface area contributed by atoms with Gasteiger partial charge in [0.05, 0.1) is 12.7 Å². The van der Waals surface area contributed by atoms with E-state index in [-0.39, 0.29) is 18.1 Å². The second-order valence-electron chi connectivity index (χ2n) is 4.50. The molecule has 7 heteroatoms. The highest BCUT2D eigenvalue weighted by atomic mass is 79.9. The Morgan fingerprint density at radius 2 is 1.95 bits per heavy atom. The van der Waals surface area contributed by atoms with Crippen molar-refractivity contribution in [3.05, 3.63) is 52.9 Å². The number of hydrogen-bond donors (Lipinski definition) is 2. The smallest absolute Gasteiger partial charge is 0.307 e. The van der Waals surface area contributed by atoms with Crippen LogP contribution in [0.15, 0.2) is 56.7 Å². The molecule has 1 aromatic heterocycles. The molecule has 0 atom stereocenters. The largest absolute Gasteiger partial charge is 0.459 e. The molecule has 22 heavy (non-hydrogen) atoms. The van der Waals surface area contributed by atoms with E-state index in [0.717, 1.165) is 4.47 Å². The molecular weight excluding hydrogens is 350 g/mol. The highest BCUT2D eigenvalue weighted by Gasteiger charge is 2.08. The molecular formula is C15H14BrN3O3. The normalized spacial score (nSPS) is 11.1. The molecule has 2 aromatic rings. The molecule has 0 spiro atoms. The molecule has 0 aliphatic rings. The molecule has 2 amide bonds. The number of hydrogen-bond acceptors (Lipinski definition) is 4. The predicted octanol–water partition coefficient (Wildman–Crippen LogP) is 3.18. The van der Waals surface area contributed by atoms with Gasteiger partial charge >= 0.3 is 5.91 Å². The molecule has 2 N–H and O–H groups in total. The minimum atomic E-state index is -0.460. The molecule has 0 aliphatic carbocycles. The minimum absolute atomic E-state index is 0.0779. The van der Waals surface area contributed by atoms with E-state index in [2.05, 4.69) is 31.8 Å². The number of anilines is 1. The number of carbonyl (C=O) groups excluding carboxylic acids is 2. The van der Waals surface area contributed by atoms with Gasteiger partial charge in [-0.15, -0.1) is 0 Å². The average molecular weight is 364 g/mol. The molecule has 0 unspecified atom stereocenters. The van der Waals surface area contributed by atoms with Crippen molar-refractivity contribution in [2.75, 3.05) is 5.32 Å². The molecule has 0 radical (unpaired) electrons. The Hall–Kier alpha value is -2.41. The maximum Gasteiger partial charge on any atom is 0.307 e. The Kier molecular flexibility index (Phi) is 5.48. The zero-order chi connectivity index (χ0) is 15.9. The zero-order valence-corrected chi connectivity index (χ0v) is 13.4. The van der Waals surface area contributed by atoms with E-state index < -0.39 is 5.91 Å². The van der Waals surface area contributed by atoms with E-state index in [1.165, 1.54) is 12.3 Å². The fourth-order valence-corrected chi connectivity index (χ4v) is 1.88. The van der Waals surface area contributed by atoms with E-state index in [1.54, 1.807) is 25.1 Å². The van der Waals surface area contributed by atoms with E-state index in [0.29, 0.717) is 11.4 Å². The van der Waals surface area contributed by atoms with Crippen molar-refractivity contribution in [3.63, 3.8) is 0 Å². The lowest BCUT2D eigenvalue weighted by Crippen LogP contribution is -2.21. The van der Waals surface area contributed by atoms with Gasteiger partial charge in [-0.05, 0) is 43.3 Å². The summed E-state index contributed by atoms with van der Waals surface area (Å²) in [5.41, 5.74) is 3.51. The van der Waals surface area contributed by atoms with Gasteiger partial charge in [-0.2, -0.15) is 5.10 Å². The fraction of sp³-hybridized carbons (Fsp3) is 0.133. The molecule has 1 aromatic carbocycles. The zero-order valence-electron chi connectivity index (χ0n) is 11.8. The lowest BCUT2D eigenvalue weighted by molar-refractivity contribution is -0.115. The molecule has 0 saturated carbocycles. The molecule has 0 bridgehead atoms. The quantitative estimate of drug-likeness (QED) is 0.631. The van der Waals surface area contributed by atoms with Crippen molar-refractivity contribution in [3.8, 4) is 0 Å². The molecule has 6 nitrogen and oxygen atoms in total. The predicted molar refractivity (Wildman–Crippen MR) is 86.7 cm³/mol. The van der Waals surface area contributed by atoms with Crippen LogP contribution in [0.25, 0.3) is 0 Å². The van der Waals surface area contributed by atoms with Gasteiger partial charge < -0.3 is 9.73 Å². The maximum absolute atomic E-state index is 11.8. The highest BCUT2D eigenvalue weighted by molar-refractivity contribution is 9.10. The number of benzene rings is 1. The van der Waals surface area contributed by atoms with Crippen molar-refractivity contribution < 1.29 is 14.0 Å². The maximum atomic E-state index is 11.8. The lowest BCUT2D eigenvalue weighted by atomic mass is 10.2. The van der Waals surface area contributed by atoms with Crippen molar-refractivity contribution in [1.29, 1.82) is 0 Å². The first-order chi connectivity index (χ1) is 10.5. The fourth-order valence-electron chi connectivity index (χ4n) is 1.62. The second-order valence-corrected chi connectivity index (χ2v) is 5.41. The summed E-state index contributed by atoms with van der Waals surface area (Å²) < 4.78 is 5.87. The van der Waals surface area contributed by atoms with Gasteiger partial charge in [0.2, 0.25) is 5.91 Å². The Morgan fingerprint density at radius 3 is 2.59 bits per heavy atom. The van der Waals surface area contributed by atoms with Crippen LogP contribution < -0.4 is 10.7 Å². The van der Waals surface area contributed by atoms with E-state index in [1.807, 2.05) is 12.1 Å². The number of furan rings is 1. The van der Waals surface area contributed by atoms with Crippen molar-refractivity contribution in [2.45, 2.75) is 13.3 Å². The van der Waals surface area contributed by atoms with Crippen molar-refractivity contribution in [2.24, 2.45) is 5.10 Å². The van der Waals surface area contributed by atoms with Gasteiger partial charge in [-0.1, -0.05) is 15.9 Å². The standard InChI is InChI=1S/C15H14BrN3O3/c1-10(18-19-15(21)13-3-2-8-22-13)9-14(20)17-12-6-4-11(16)5-7-12/h2-8H,9H2,1H3,(H,17,20)(H,19,21)/b18-10-. The summed E-state index contributed by atoms with van der Waals surface area (Å²) in [6, 6.07) is 10.4. The van der Waals surface area contributed by atoms with Crippen LogP contribution in [0, 0.1) is 0 Å². The summed E-state index contributed by atoms with van der Waals surface area (Å²) in [7, 11) is 0. The van der Waals surface area contributed by atoms with E-state index in [4.69, 9.17) is 4.42 Å². The number of rotatable bonds is 5. The molecule has 2 rings (SSSR count). The van der Waals surface area contributed by atoms with Gasteiger partial charge in [0.1, 0.15) is 0 Å². The second kappa shape index (κ2) is 7.56. The number of hydrazone groups is 1. The first kappa shape index (κ1) is 16.0. The monoisotopic (exact) mass is 363 g/mol. The summed E-state index contributed by atoms with van der Waals surface area (Å²) in [5.74, 6) is -0.510. The van der Waals surface area contributed by atoms with E-state index >= 15 is 0 Å². The Morgan fingerprint density at radius 1 is 1.23 bits per heavy atom. The van der Waals surface area contributed by atoms with Crippen LogP contribution >= 0.6 is 15.9 Å². The van der Waals surface area contributed by atoms with Gasteiger partial charge in [0, 0.05) is 15.9 Å². The summed E-state index contributed by atoms with van der Waals surface area (Å²) >= 11 is 3.32. The van der Waals surface area contributed by atoms with Gasteiger partial charge in [-0.25, -0.2) is 5.43 Å². The summed E-state index contributed by atoms with van der Waals surface area (Å²) in [5, 5.41) is 6.61. The number of carbonyl (C=O) groups is 2. The number of halogens is 1. The highest BCUT2D eigenvalue weighted by Crippen LogP contribution is 2.14. The minimum Gasteiger partial charge on any atom is -0.459 e. The van der Waals surface area contributed by atoms with Crippen LogP contribution in [0.3, 0.4) is 0 Å². The van der Waals surface area contributed by atoms with E-state index in [9.17, 15) is 9.59 Å². The first-order valence-corrected chi connectivity index (χ1v) is 7.26.